The van der Waals surface area contributed by atoms with Gasteiger partial charge in [0.15, 0.2) is 0 Å². The molecule has 1 amide bonds. The van der Waals surface area contributed by atoms with Crippen molar-refractivity contribution in [2.24, 2.45) is 0 Å². The van der Waals surface area contributed by atoms with Crippen molar-refractivity contribution in [2.45, 2.75) is 10.9 Å². The van der Waals surface area contributed by atoms with Gasteiger partial charge >= 0.3 is 0 Å². The fraction of sp³-hybridized carbons (Fsp3) is 0.222. The minimum atomic E-state index is -0.0556. The van der Waals surface area contributed by atoms with Crippen LogP contribution in [0.4, 0.5) is 0 Å². The summed E-state index contributed by atoms with van der Waals surface area (Å²) in [5.74, 6) is 0.0730. The lowest BCUT2D eigenvalue weighted by molar-refractivity contribution is -0.127. The number of carbonyl (C=O) groups is 1. The Kier molecular flexibility index (Phi) is 1.89. The Morgan fingerprint density at radius 3 is 2.42 bits per heavy atom. The first kappa shape index (κ1) is 7.80. The van der Waals surface area contributed by atoms with Gasteiger partial charge in [-0.05, 0) is 5.56 Å². The summed E-state index contributed by atoms with van der Waals surface area (Å²) in [6, 6.07) is 10.1. The highest BCUT2D eigenvalue weighted by Gasteiger charge is 2.37. The molecule has 12 heavy (non-hydrogen) atoms. The number of amides is 1. The van der Waals surface area contributed by atoms with Gasteiger partial charge in [0.1, 0.15) is 4.83 Å². The number of β-lactam (4-membered cyclic amide) rings is 1. The van der Waals surface area contributed by atoms with E-state index in [-0.39, 0.29) is 16.8 Å². The zero-order chi connectivity index (χ0) is 8.55. The maximum Gasteiger partial charge on any atom is 0.236 e. The van der Waals surface area contributed by atoms with Gasteiger partial charge in [-0.1, -0.05) is 46.3 Å². The highest BCUT2D eigenvalue weighted by molar-refractivity contribution is 9.10. The van der Waals surface area contributed by atoms with Gasteiger partial charge in [-0.15, -0.1) is 0 Å². The molecule has 62 valence electrons. The van der Waals surface area contributed by atoms with Gasteiger partial charge in [-0.2, -0.15) is 0 Å². The van der Waals surface area contributed by atoms with Gasteiger partial charge in [0.2, 0.25) is 5.91 Å². The Morgan fingerprint density at radius 2 is 1.92 bits per heavy atom. The summed E-state index contributed by atoms with van der Waals surface area (Å²) in [5, 5.41) is 2.82. The molecule has 1 fully saturated rings. The van der Waals surface area contributed by atoms with E-state index in [1.165, 1.54) is 0 Å². The molecule has 0 aromatic heterocycles. The van der Waals surface area contributed by atoms with E-state index in [2.05, 4.69) is 21.2 Å². The molecule has 0 bridgehead atoms. The molecular weight excluding hydrogens is 218 g/mol. The lowest BCUT2D eigenvalue weighted by Gasteiger charge is -2.33. The minimum Gasteiger partial charge on any atom is -0.347 e. The Bertz CT molecular complexity index is 299. The molecule has 2 rings (SSSR count). The maximum absolute atomic E-state index is 10.9. The van der Waals surface area contributed by atoms with E-state index in [0.717, 1.165) is 5.56 Å². The summed E-state index contributed by atoms with van der Waals surface area (Å²) < 4.78 is 0. The molecule has 0 unspecified atom stereocenters. The monoisotopic (exact) mass is 225 g/mol. The van der Waals surface area contributed by atoms with Crippen molar-refractivity contribution in [3.8, 4) is 0 Å². The van der Waals surface area contributed by atoms with Gasteiger partial charge in [-0.25, -0.2) is 0 Å². The summed E-state index contributed by atoms with van der Waals surface area (Å²) in [6.45, 7) is 0. The SMILES string of the molecule is O=C1N[C@H](c2ccccc2)[C@H]1Br. The molecule has 1 aliphatic heterocycles. The Hall–Kier alpha value is -0.830. The number of hydrogen-bond acceptors (Lipinski definition) is 1. The lowest BCUT2D eigenvalue weighted by atomic mass is 9.97. The van der Waals surface area contributed by atoms with Gasteiger partial charge in [0.25, 0.3) is 0 Å². The van der Waals surface area contributed by atoms with E-state index in [4.69, 9.17) is 0 Å². The zero-order valence-electron chi connectivity index (χ0n) is 6.33. The Labute approximate surface area is 79.1 Å². The van der Waals surface area contributed by atoms with Gasteiger partial charge in [0.05, 0.1) is 6.04 Å². The van der Waals surface area contributed by atoms with Crippen molar-refractivity contribution < 1.29 is 4.79 Å². The van der Waals surface area contributed by atoms with Crippen LogP contribution in [0, 0.1) is 0 Å². The molecule has 2 nitrogen and oxygen atoms in total. The van der Waals surface area contributed by atoms with Crippen LogP contribution in [-0.4, -0.2) is 10.7 Å². The van der Waals surface area contributed by atoms with Gasteiger partial charge in [-0.3, -0.25) is 4.79 Å². The molecular formula is C9H8BrNO. The number of benzene rings is 1. The Morgan fingerprint density at radius 1 is 1.25 bits per heavy atom. The van der Waals surface area contributed by atoms with Crippen LogP contribution in [0.5, 0.6) is 0 Å². The van der Waals surface area contributed by atoms with E-state index < -0.39 is 0 Å². The maximum atomic E-state index is 10.9. The number of nitrogens with one attached hydrogen (secondary N) is 1. The van der Waals surface area contributed by atoms with Crippen LogP contribution < -0.4 is 5.32 Å². The van der Waals surface area contributed by atoms with Gasteiger partial charge < -0.3 is 5.32 Å². The van der Waals surface area contributed by atoms with E-state index >= 15 is 0 Å². The predicted molar refractivity (Wildman–Crippen MR) is 50.0 cm³/mol. The molecule has 0 radical (unpaired) electrons. The molecule has 0 aliphatic carbocycles. The van der Waals surface area contributed by atoms with E-state index in [9.17, 15) is 4.79 Å². The molecule has 1 aromatic rings. The molecule has 1 heterocycles. The third-order valence-electron chi connectivity index (χ3n) is 2.00. The van der Waals surface area contributed by atoms with Gasteiger partial charge in [0, 0.05) is 0 Å². The van der Waals surface area contributed by atoms with Crippen molar-refractivity contribution in [3.05, 3.63) is 35.9 Å². The molecule has 1 N–H and O–H groups in total. The second-order valence-electron chi connectivity index (χ2n) is 2.80. The topological polar surface area (TPSA) is 29.1 Å². The Balaban J connectivity index is 2.18. The molecule has 1 aliphatic rings. The highest BCUT2D eigenvalue weighted by Crippen LogP contribution is 2.29. The largest absolute Gasteiger partial charge is 0.347 e. The average Bonchev–Trinajstić information content (AvgIpc) is 2.15. The molecule has 0 saturated carbocycles. The molecule has 2 atom stereocenters. The number of halogens is 1. The molecule has 1 saturated heterocycles. The normalized spacial score (nSPS) is 27.6. The van der Waals surface area contributed by atoms with Crippen LogP contribution in [-0.2, 0) is 4.79 Å². The van der Waals surface area contributed by atoms with Crippen LogP contribution in [0.1, 0.15) is 11.6 Å². The summed E-state index contributed by atoms with van der Waals surface area (Å²) in [6.07, 6.45) is 0. The van der Waals surface area contributed by atoms with Crippen LogP contribution in [0.15, 0.2) is 30.3 Å². The summed E-state index contributed by atoms with van der Waals surface area (Å²) in [4.78, 5) is 10.8. The predicted octanol–water partition coefficient (Wildman–Crippen LogP) is 1.62. The quantitative estimate of drug-likeness (QED) is 0.572. The minimum absolute atomic E-state index is 0.0556. The smallest absolute Gasteiger partial charge is 0.236 e. The van der Waals surface area contributed by atoms with Crippen molar-refractivity contribution >= 4 is 21.8 Å². The summed E-state index contributed by atoms with van der Waals surface area (Å²) in [5.41, 5.74) is 1.15. The average molecular weight is 226 g/mol. The number of hydrogen-bond donors (Lipinski definition) is 1. The fourth-order valence-corrected chi connectivity index (χ4v) is 1.84. The highest BCUT2D eigenvalue weighted by atomic mass is 79.9. The van der Waals surface area contributed by atoms with Crippen LogP contribution >= 0.6 is 15.9 Å². The van der Waals surface area contributed by atoms with Crippen LogP contribution in [0.3, 0.4) is 0 Å². The van der Waals surface area contributed by atoms with Crippen LogP contribution in [0.2, 0.25) is 0 Å². The van der Waals surface area contributed by atoms with E-state index in [1.54, 1.807) is 0 Å². The van der Waals surface area contributed by atoms with Crippen molar-refractivity contribution in [1.29, 1.82) is 0 Å². The zero-order valence-corrected chi connectivity index (χ0v) is 7.91. The summed E-state index contributed by atoms with van der Waals surface area (Å²) in [7, 11) is 0. The number of carbonyl (C=O) groups excluding carboxylic acids is 1. The standard InChI is InChI=1S/C9H8BrNO/c10-7-8(11-9(7)12)6-4-2-1-3-5-6/h1-5,7-8H,(H,11,12)/t7-,8-/m1/s1. The first-order valence-electron chi connectivity index (χ1n) is 3.78. The van der Waals surface area contributed by atoms with Crippen molar-refractivity contribution in [3.63, 3.8) is 0 Å². The molecule has 3 heteroatoms. The third kappa shape index (κ3) is 1.14. The molecule has 1 aromatic carbocycles. The van der Waals surface area contributed by atoms with Crippen molar-refractivity contribution in [2.75, 3.05) is 0 Å². The number of rotatable bonds is 1. The lowest BCUT2D eigenvalue weighted by Crippen LogP contribution is -2.52. The van der Waals surface area contributed by atoms with E-state index in [0.29, 0.717) is 0 Å². The first-order chi connectivity index (χ1) is 5.79. The molecule has 0 spiro atoms. The summed E-state index contributed by atoms with van der Waals surface area (Å²) >= 11 is 3.32. The van der Waals surface area contributed by atoms with Crippen molar-refractivity contribution in [1.82, 2.24) is 5.32 Å². The third-order valence-corrected chi connectivity index (χ3v) is 2.94. The fourth-order valence-electron chi connectivity index (χ4n) is 1.27. The first-order valence-corrected chi connectivity index (χ1v) is 4.70. The second-order valence-corrected chi connectivity index (χ2v) is 3.79. The van der Waals surface area contributed by atoms with Crippen LogP contribution in [0.25, 0.3) is 0 Å². The number of alkyl halides is 1. The second kappa shape index (κ2) is 2.90. The van der Waals surface area contributed by atoms with E-state index in [1.807, 2.05) is 30.3 Å².